The van der Waals surface area contributed by atoms with Crippen LogP contribution < -0.4 is 5.73 Å². The monoisotopic (exact) mass is 281 g/mol. The highest BCUT2D eigenvalue weighted by atomic mass is 16.1. The third-order valence-electron chi connectivity index (χ3n) is 4.85. The lowest BCUT2D eigenvalue weighted by Gasteiger charge is -2.35. The van der Waals surface area contributed by atoms with Gasteiger partial charge < -0.3 is 5.73 Å². The highest BCUT2D eigenvalue weighted by Crippen LogP contribution is 2.32. The lowest BCUT2D eigenvalue weighted by Crippen LogP contribution is -2.50. The third-order valence-corrected chi connectivity index (χ3v) is 4.85. The second-order valence-corrected chi connectivity index (χ2v) is 7.01. The Hall–Kier alpha value is -0.370. The molecule has 1 rings (SSSR count). The Labute approximate surface area is 125 Å². The van der Waals surface area contributed by atoms with Crippen LogP contribution in [-0.4, -0.2) is 11.3 Å². The molecule has 20 heavy (non-hydrogen) atoms. The van der Waals surface area contributed by atoms with Crippen molar-refractivity contribution < 1.29 is 4.79 Å². The van der Waals surface area contributed by atoms with Gasteiger partial charge in [0.1, 0.15) is 0 Å². The Morgan fingerprint density at radius 1 is 1.10 bits per heavy atom. The molecule has 0 radical (unpaired) electrons. The molecule has 2 nitrogen and oxygen atoms in total. The summed E-state index contributed by atoms with van der Waals surface area (Å²) in [6.07, 6.45) is 15.2. The maximum atomic E-state index is 12.3. The average Bonchev–Trinajstić information content (AvgIpc) is 2.41. The fourth-order valence-electron chi connectivity index (χ4n) is 3.51. The molecule has 0 bridgehead atoms. The second kappa shape index (κ2) is 9.55. The van der Waals surface area contributed by atoms with Crippen LogP contribution in [0.4, 0.5) is 0 Å². The Morgan fingerprint density at radius 3 is 2.30 bits per heavy atom. The van der Waals surface area contributed by atoms with Gasteiger partial charge in [-0.05, 0) is 25.2 Å². The lowest BCUT2D eigenvalue weighted by molar-refractivity contribution is -0.126. The van der Waals surface area contributed by atoms with Crippen LogP contribution in [-0.2, 0) is 4.79 Å². The molecule has 0 amide bonds. The average molecular weight is 281 g/mol. The molecular formula is C18H35NO. The van der Waals surface area contributed by atoms with E-state index >= 15 is 0 Å². The SMILES string of the molecule is CCCCCCCCCCC(=O)C1(N)CCCC(C)C1. The Morgan fingerprint density at radius 2 is 1.70 bits per heavy atom. The Kier molecular flexibility index (Phi) is 8.44. The zero-order valence-electron chi connectivity index (χ0n) is 13.8. The van der Waals surface area contributed by atoms with Crippen LogP contribution in [0, 0.1) is 5.92 Å². The van der Waals surface area contributed by atoms with E-state index in [4.69, 9.17) is 5.73 Å². The van der Waals surface area contributed by atoms with Crippen LogP contribution in [0.2, 0.25) is 0 Å². The van der Waals surface area contributed by atoms with E-state index in [0.717, 1.165) is 25.7 Å². The maximum Gasteiger partial charge on any atom is 0.152 e. The topological polar surface area (TPSA) is 43.1 Å². The molecular weight excluding hydrogens is 246 g/mol. The molecule has 1 saturated carbocycles. The van der Waals surface area contributed by atoms with Gasteiger partial charge in [-0.3, -0.25) is 4.79 Å². The number of carbonyl (C=O) groups is 1. The van der Waals surface area contributed by atoms with E-state index in [2.05, 4.69) is 13.8 Å². The van der Waals surface area contributed by atoms with Gasteiger partial charge >= 0.3 is 0 Å². The van der Waals surface area contributed by atoms with Gasteiger partial charge in [-0.25, -0.2) is 0 Å². The molecule has 0 spiro atoms. The molecule has 0 aliphatic heterocycles. The van der Waals surface area contributed by atoms with Gasteiger partial charge in [0, 0.05) is 6.42 Å². The minimum absolute atomic E-state index is 0.329. The number of Topliss-reactive ketones (excluding diaryl/α,β-unsaturated/α-hetero) is 1. The summed E-state index contributed by atoms with van der Waals surface area (Å²) in [4.78, 5) is 12.3. The molecule has 0 aromatic heterocycles. The predicted octanol–water partition coefficient (Wildman–Crippen LogP) is 4.99. The highest BCUT2D eigenvalue weighted by Gasteiger charge is 2.36. The first-order valence-electron chi connectivity index (χ1n) is 8.90. The summed E-state index contributed by atoms with van der Waals surface area (Å²) in [5, 5.41) is 0. The summed E-state index contributed by atoms with van der Waals surface area (Å²) in [5.41, 5.74) is 5.85. The van der Waals surface area contributed by atoms with Crippen LogP contribution in [0.5, 0.6) is 0 Å². The summed E-state index contributed by atoms with van der Waals surface area (Å²) < 4.78 is 0. The first kappa shape index (κ1) is 17.7. The normalized spacial score (nSPS) is 26.6. The highest BCUT2D eigenvalue weighted by molar-refractivity contribution is 5.88. The van der Waals surface area contributed by atoms with Gasteiger partial charge in [-0.2, -0.15) is 0 Å². The van der Waals surface area contributed by atoms with E-state index in [-0.39, 0.29) is 0 Å². The van der Waals surface area contributed by atoms with E-state index < -0.39 is 5.54 Å². The van der Waals surface area contributed by atoms with Crippen molar-refractivity contribution in [2.75, 3.05) is 0 Å². The number of hydrogen-bond acceptors (Lipinski definition) is 2. The fourth-order valence-corrected chi connectivity index (χ4v) is 3.51. The van der Waals surface area contributed by atoms with E-state index in [1.165, 1.54) is 51.4 Å². The molecule has 2 unspecified atom stereocenters. The molecule has 118 valence electrons. The first-order chi connectivity index (χ1) is 9.58. The molecule has 0 saturated heterocycles. The largest absolute Gasteiger partial charge is 0.319 e. The predicted molar refractivity (Wildman–Crippen MR) is 86.8 cm³/mol. The molecule has 0 aromatic rings. The summed E-state index contributed by atoms with van der Waals surface area (Å²) in [6, 6.07) is 0. The number of unbranched alkanes of at least 4 members (excludes halogenated alkanes) is 7. The van der Waals surface area contributed by atoms with Crippen LogP contribution >= 0.6 is 0 Å². The molecule has 1 fully saturated rings. The van der Waals surface area contributed by atoms with Crippen LogP contribution in [0.25, 0.3) is 0 Å². The Balaban J connectivity index is 2.07. The minimum Gasteiger partial charge on any atom is -0.319 e. The summed E-state index contributed by atoms with van der Waals surface area (Å²) in [6.45, 7) is 4.48. The molecule has 0 heterocycles. The van der Waals surface area contributed by atoms with Crippen molar-refractivity contribution in [2.45, 2.75) is 103 Å². The third kappa shape index (κ3) is 6.39. The zero-order chi connectivity index (χ0) is 14.8. The minimum atomic E-state index is -0.487. The van der Waals surface area contributed by atoms with Crippen molar-refractivity contribution >= 4 is 5.78 Å². The van der Waals surface area contributed by atoms with Crippen molar-refractivity contribution in [2.24, 2.45) is 11.7 Å². The molecule has 2 atom stereocenters. The van der Waals surface area contributed by atoms with E-state index in [9.17, 15) is 4.79 Å². The second-order valence-electron chi connectivity index (χ2n) is 7.01. The number of carbonyl (C=O) groups excluding carboxylic acids is 1. The maximum absolute atomic E-state index is 12.3. The van der Waals surface area contributed by atoms with Crippen LogP contribution in [0.1, 0.15) is 97.3 Å². The number of hydrogen-bond donors (Lipinski definition) is 1. The summed E-state index contributed by atoms with van der Waals surface area (Å²) >= 11 is 0. The molecule has 0 aromatic carbocycles. The number of ketones is 1. The van der Waals surface area contributed by atoms with Gasteiger partial charge in [-0.15, -0.1) is 0 Å². The molecule has 1 aliphatic rings. The van der Waals surface area contributed by atoms with Crippen molar-refractivity contribution in [3.63, 3.8) is 0 Å². The van der Waals surface area contributed by atoms with E-state index in [0.29, 0.717) is 18.1 Å². The van der Waals surface area contributed by atoms with Crippen molar-refractivity contribution in [1.29, 1.82) is 0 Å². The van der Waals surface area contributed by atoms with Gasteiger partial charge in [-0.1, -0.05) is 71.6 Å². The van der Waals surface area contributed by atoms with Gasteiger partial charge in [0.2, 0.25) is 0 Å². The fraction of sp³-hybridized carbons (Fsp3) is 0.944. The standard InChI is InChI=1S/C18H35NO/c1-3-4-5-6-7-8-9-10-13-17(20)18(19)14-11-12-16(2)15-18/h16H,3-15,19H2,1-2H3. The van der Waals surface area contributed by atoms with Gasteiger partial charge in [0.25, 0.3) is 0 Å². The molecule has 2 heteroatoms. The summed E-state index contributed by atoms with van der Waals surface area (Å²) in [5.74, 6) is 0.950. The molecule has 1 aliphatic carbocycles. The molecule has 2 N–H and O–H groups in total. The van der Waals surface area contributed by atoms with E-state index in [1.54, 1.807) is 0 Å². The van der Waals surface area contributed by atoms with Crippen molar-refractivity contribution in [3.8, 4) is 0 Å². The Bertz CT molecular complexity index is 277. The number of nitrogens with two attached hydrogens (primary N) is 1. The first-order valence-corrected chi connectivity index (χ1v) is 8.90. The van der Waals surface area contributed by atoms with Crippen molar-refractivity contribution in [1.82, 2.24) is 0 Å². The summed E-state index contributed by atoms with van der Waals surface area (Å²) in [7, 11) is 0. The zero-order valence-corrected chi connectivity index (χ0v) is 13.8. The van der Waals surface area contributed by atoms with Gasteiger partial charge in [0.15, 0.2) is 5.78 Å². The van der Waals surface area contributed by atoms with Crippen LogP contribution in [0.15, 0.2) is 0 Å². The van der Waals surface area contributed by atoms with Gasteiger partial charge in [0.05, 0.1) is 5.54 Å². The number of rotatable bonds is 10. The smallest absolute Gasteiger partial charge is 0.152 e. The van der Waals surface area contributed by atoms with Crippen LogP contribution in [0.3, 0.4) is 0 Å². The van der Waals surface area contributed by atoms with Crippen molar-refractivity contribution in [3.05, 3.63) is 0 Å². The lowest BCUT2D eigenvalue weighted by atomic mass is 9.73. The van der Waals surface area contributed by atoms with E-state index in [1.807, 2.05) is 0 Å². The quantitative estimate of drug-likeness (QED) is 0.573.